The molecule has 3 rings (SSSR count). The molecule has 140 valence electrons. The Morgan fingerprint density at radius 3 is 2.85 bits per heavy atom. The van der Waals surface area contributed by atoms with Crippen molar-refractivity contribution in [1.82, 2.24) is 15.5 Å². The van der Waals surface area contributed by atoms with E-state index in [9.17, 15) is 19.5 Å². The molecule has 0 aliphatic carbocycles. The summed E-state index contributed by atoms with van der Waals surface area (Å²) >= 11 is 0. The van der Waals surface area contributed by atoms with Crippen LogP contribution in [-0.4, -0.2) is 53.5 Å². The average Bonchev–Trinajstić information content (AvgIpc) is 2.96. The zero-order valence-electron chi connectivity index (χ0n) is 14.5. The van der Waals surface area contributed by atoms with Crippen molar-refractivity contribution in [3.05, 3.63) is 34.9 Å². The number of carbonyl (C=O) groups is 3. The van der Waals surface area contributed by atoms with E-state index >= 15 is 0 Å². The van der Waals surface area contributed by atoms with Crippen molar-refractivity contribution in [1.29, 1.82) is 0 Å². The van der Waals surface area contributed by atoms with Gasteiger partial charge in [-0.05, 0) is 30.2 Å². The Kier molecular flexibility index (Phi) is 5.65. The van der Waals surface area contributed by atoms with Gasteiger partial charge in [-0.25, -0.2) is 0 Å². The van der Waals surface area contributed by atoms with Gasteiger partial charge < -0.3 is 21.1 Å². The molecule has 2 heterocycles. The molecule has 2 aliphatic heterocycles. The van der Waals surface area contributed by atoms with Gasteiger partial charge in [-0.2, -0.15) is 0 Å². The van der Waals surface area contributed by atoms with Crippen molar-refractivity contribution in [2.45, 2.75) is 32.0 Å². The highest BCUT2D eigenvalue weighted by atomic mass is 16.3. The van der Waals surface area contributed by atoms with Gasteiger partial charge in [0.1, 0.15) is 6.04 Å². The number of benzene rings is 1. The van der Waals surface area contributed by atoms with Gasteiger partial charge in [0.05, 0.1) is 0 Å². The van der Waals surface area contributed by atoms with E-state index in [0.717, 1.165) is 11.1 Å². The first-order chi connectivity index (χ1) is 12.5. The summed E-state index contributed by atoms with van der Waals surface area (Å²) in [5.74, 6) is -0.880. The summed E-state index contributed by atoms with van der Waals surface area (Å²) in [7, 11) is 0. The largest absolute Gasteiger partial charge is 0.396 e. The van der Waals surface area contributed by atoms with Gasteiger partial charge in [-0.1, -0.05) is 12.1 Å². The molecule has 3 amide bonds. The van der Waals surface area contributed by atoms with Crippen LogP contribution >= 0.6 is 0 Å². The van der Waals surface area contributed by atoms with Crippen molar-refractivity contribution in [2.24, 2.45) is 11.7 Å². The van der Waals surface area contributed by atoms with E-state index in [-0.39, 0.29) is 30.8 Å². The third-order valence-corrected chi connectivity index (χ3v) is 5.02. The molecule has 2 aliphatic rings. The van der Waals surface area contributed by atoms with Crippen molar-refractivity contribution in [2.75, 3.05) is 19.7 Å². The number of piperidine rings is 1. The molecule has 2 unspecified atom stereocenters. The SMILES string of the molecule is NCC(CO)CNCc1cccc2c1CN(C1CCC(=O)NC1=O)C2=O. The zero-order valence-corrected chi connectivity index (χ0v) is 14.5. The third-order valence-electron chi connectivity index (χ3n) is 5.02. The molecule has 0 bridgehead atoms. The first-order valence-corrected chi connectivity index (χ1v) is 8.82. The fraction of sp³-hybridized carbons (Fsp3) is 0.500. The van der Waals surface area contributed by atoms with Crippen molar-refractivity contribution in [3.63, 3.8) is 0 Å². The Morgan fingerprint density at radius 2 is 2.15 bits per heavy atom. The Balaban J connectivity index is 1.71. The molecule has 1 aromatic rings. The second kappa shape index (κ2) is 7.94. The van der Waals surface area contributed by atoms with Crippen LogP contribution in [0.15, 0.2) is 18.2 Å². The van der Waals surface area contributed by atoms with E-state index in [1.807, 2.05) is 12.1 Å². The Morgan fingerprint density at radius 1 is 1.35 bits per heavy atom. The molecular formula is C18H24N4O4. The number of hydrogen-bond donors (Lipinski definition) is 4. The van der Waals surface area contributed by atoms with Crippen LogP contribution in [0.3, 0.4) is 0 Å². The van der Waals surface area contributed by atoms with E-state index < -0.39 is 11.9 Å². The number of aliphatic hydroxyl groups excluding tert-OH is 1. The van der Waals surface area contributed by atoms with Crippen LogP contribution in [0.5, 0.6) is 0 Å². The third kappa shape index (κ3) is 3.62. The van der Waals surface area contributed by atoms with Crippen LogP contribution in [0.4, 0.5) is 0 Å². The summed E-state index contributed by atoms with van der Waals surface area (Å²) in [6.45, 7) is 1.92. The van der Waals surface area contributed by atoms with Crippen LogP contribution in [0.25, 0.3) is 0 Å². The maximum absolute atomic E-state index is 12.7. The van der Waals surface area contributed by atoms with Gasteiger partial charge in [-0.15, -0.1) is 0 Å². The average molecular weight is 360 g/mol. The van der Waals surface area contributed by atoms with E-state index in [2.05, 4.69) is 10.6 Å². The molecule has 1 saturated heterocycles. The first-order valence-electron chi connectivity index (χ1n) is 8.82. The zero-order chi connectivity index (χ0) is 18.7. The Labute approximate surface area is 151 Å². The maximum atomic E-state index is 12.7. The number of nitrogens with zero attached hydrogens (tertiary/aromatic N) is 1. The van der Waals surface area contributed by atoms with E-state index in [1.54, 1.807) is 11.0 Å². The summed E-state index contributed by atoms with van der Waals surface area (Å²) in [4.78, 5) is 37.7. The highest BCUT2D eigenvalue weighted by Crippen LogP contribution is 2.29. The molecular weight excluding hydrogens is 336 g/mol. The number of nitrogens with two attached hydrogens (primary N) is 1. The number of rotatable bonds is 7. The smallest absolute Gasteiger partial charge is 0.255 e. The normalized spacial score (nSPS) is 20.9. The minimum absolute atomic E-state index is 0.00615. The minimum Gasteiger partial charge on any atom is -0.396 e. The molecule has 0 aromatic heterocycles. The van der Waals surface area contributed by atoms with Crippen molar-refractivity contribution in [3.8, 4) is 0 Å². The topological polar surface area (TPSA) is 125 Å². The van der Waals surface area contributed by atoms with Gasteiger partial charge in [0.25, 0.3) is 5.91 Å². The molecule has 1 aromatic carbocycles. The second-order valence-electron chi connectivity index (χ2n) is 6.76. The predicted molar refractivity (Wildman–Crippen MR) is 93.8 cm³/mol. The second-order valence-corrected chi connectivity index (χ2v) is 6.76. The van der Waals surface area contributed by atoms with Gasteiger partial charge in [0.15, 0.2) is 0 Å². The van der Waals surface area contributed by atoms with Gasteiger partial charge in [0, 0.05) is 44.1 Å². The molecule has 8 heteroatoms. The summed E-state index contributed by atoms with van der Waals surface area (Å²) in [5.41, 5.74) is 8.08. The Bertz CT molecular complexity index is 717. The van der Waals surface area contributed by atoms with E-state index in [1.165, 1.54) is 0 Å². The van der Waals surface area contributed by atoms with Gasteiger partial charge in [-0.3, -0.25) is 19.7 Å². The van der Waals surface area contributed by atoms with Crippen molar-refractivity contribution < 1.29 is 19.5 Å². The molecule has 0 saturated carbocycles. The molecule has 5 N–H and O–H groups in total. The van der Waals surface area contributed by atoms with Crippen molar-refractivity contribution >= 4 is 17.7 Å². The lowest BCUT2D eigenvalue weighted by Gasteiger charge is -2.29. The van der Waals surface area contributed by atoms with Gasteiger partial charge in [0.2, 0.25) is 11.8 Å². The standard InChI is InChI=1S/C18H24N4O4/c19-6-11(10-23)7-20-8-12-2-1-3-13-14(12)9-22(18(13)26)15-4-5-16(24)21-17(15)25/h1-3,11,15,20,23H,4-10,19H2,(H,21,24,25). The van der Waals surface area contributed by atoms with E-state index in [0.29, 0.717) is 38.2 Å². The summed E-state index contributed by atoms with van der Waals surface area (Å²) in [6.07, 6.45) is 0.596. The monoisotopic (exact) mass is 360 g/mol. The van der Waals surface area contributed by atoms with E-state index in [4.69, 9.17) is 5.73 Å². The first kappa shape index (κ1) is 18.5. The van der Waals surface area contributed by atoms with Gasteiger partial charge >= 0.3 is 0 Å². The molecule has 2 atom stereocenters. The highest BCUT2D eigenvalue weighted by molar-refractivity contribution is 6.05. The lowest BCUT2D eigenvalue weighted by atomic mass is 10.0. The molecule has 26 heavy (non-hydrogen) atoms. The fourth-order valence-electron chi connectivity index (χ4n) is 3.45. The summed E-state index contributed by atoms with van der Waals surface area (Å²) < 4.78 is 0. The maximum Gasteiger partial charge on any atom is 0.255 e. The number of nitrogens with one attached hydrogen (secondary N) is 2. The highest BCUT2D eigenvalue weighted by Gasteiger charge is 2.39. The lowest BCUT2D eigenvalue weighted by molar-refractivity contribution is -0.136. The Hall–Kier alpha value is -2.29. The predicted octanol–water partition coefficient (Wildman–Crippen LogP) is -0.896. The number of hydrogen-bond acceptors (Lipinski definition) is 6. The molecule has 8 nitrogen and oxygen atoms in total. The van der Waals surface area contributed by atoms with Crippen LogP contribution in [0, 0.1) is 5.92 Å². The summed E-state index contributed by atoms with van der Waals surface area (Å²) in [5, 5.41) is 14.8. The quantitative estimate of drug-likeness (QED) is 0.467. The molecule has 0 spiro atoms. The van der Waals surface area contributed by atoms with Crippen LogP contribution in [-0.2, 0) is 22.7 Å². The minimum atomic E-state index is -0.607. The van der Waals surface area contributed by atoms with Crippen LogP contribution in [0.1, 0.15) is 34.3 Å². The van der Waals surface area contributed by atoms with Crippen LogP contribution in [0.2, 0.25) is 0 Å². The fourth-order valence-corrected chi connectivity index (χ4v) is 3.45. The van der Waals surface area contributed by atoms with Crippen LogP contribution < -0.4 is 16.4 Å². The number of aliphatic hydroxyl groups is 1. The number of fused-ring (bicyclic) bond motifs is 1. The number of imide groups is 1. The molecule has 0 radical (unpaired) electrons. The summed E-state index contributed by atoms with van der Waals surface area (Å²) in [6, 6.07) is 4.94. The number of amides is 3. The number of carbonyl (C=O) groups excluding carboxylic acids is 3. The molecule has 1 fully saturated rings. The lowest BCUT2D eigenvalue weighted by Crippen LogP contribution is -2.52.